The highest BCUT2D eigenvalue weighted by atomic mass is 16.2. The van der Waals surface area contributed by atoms with Crippen molar-refractivity contribution in [1.82, 2.24) is 4.98 Å². The molecule has 3 heteroatoms. The molecular formula is C18H16N2O. The topological polar surface area (TPSA) is 36.1 Å². The van der Waals surface area contributed by atoms with E-state index < -0.39 is 0 Å². The number of nitrogens with zero attached hydrogens (tertiary/aromatic N) is 1. The van der Waals surface area contributed by atoms with E-state index in [1.807, 2.05) is 29.2 Å². The number of carbonyl (C=O) groups is 1. The Kier molecular flexibility index (Phi) is 2.61. The van der Waals surface area contributed by atoms with E-state index in [0.29, 0.717) is 5.69 Å². The number of H-pyrrole nitrogens is 1. The van der Waals surface area contributed by atoms with E-state index in [-0.39, 0.29) is 5.91 Å². The van der Waals surface area contributed by atoms with Crippen molar-refractivity contribution in [3.05, 3.63) is 65.4 Å². The van der Waals surface area contributed by atoms with Crippen LogP contribution in [0, 0.1) is 6.92 Å². The van der Waals surface area contributed by atoms with E-state index in [2.05, 4.69) is 36.2 Å². The first-order valence-electron chi connectivity index (χ1n) is 7.21. The van der Waals surface area contributed by atoms with Gasteiger partial charge in [-0.3, -0.25) is 4.79 Å². The highest BCUT2D eigenvalue weighted by Gasteiger charge is 2.26. The third-order valence-corrected chi connectivity index (χ3v) is 4.14. The Morgan fingerprint density at radius 3 is 2.90 bits per heavy atom. The Morgan fingerprint density at radius 2 is 2.00 bits per heavy atom. The van der Waals surface area contributed by atoms with Crippen molar-refractivity contribution < 1.29 is 4.79 Å². The monoisotopic (exact) mass is 276 g/mol. The van der Waals surface area contributed by atoms with Gasteiger partial charge < -0.3 is 9.88 Å². The fraction of sp³-hybridized carbons (Fsp3) is 0.167. The van der Waals surface area contributed by atoms with E-state index in [4.69, 9.17) is 0 Å². The second kappa shape index (κ2) is 4.48. The van der Waals surface area contributed by atoms with Gasteiger partial charge in [-0.15, -0.1) is 0 Å². The van der Waals surface area contributed by atoms with Gasteiger partial charge in [0.2, 0.25) is 0 Å². The number of amides is 1. The first-order chi connectivity index (χ1) is 10.2. The molecule has 4 rings (SSSR count). The minimum absolute atomic E-state index is 0.0498. The third kappa shape index (κ3) is 1.93. The van der Waals surface area contributed by atoms with Crippen molar-refractivity contribution >= 4 is 22.5 Å². The van der Waals surface area contributed by atoms with Crippen molar-refractivity contribution in [2.75, 3.05) is 11.4 Å². The zero-order chi connectivity index (χ0) is 14.4. The van der Waals surface area contributed by atoms with Crippen LogP contribution < -0.4 is 4.90 Å². The molecule has 1 aromatic heterocycles. The van der Waals surface area contributed by atoms with Crippen molar-refractivity contribution in [3.63, 3.8) is 0 Å². The van der Waals surface area contributed by atoms with E-state index in [0.717, 1.165) is 29.6 Å². The van der Waals surface area contributed by atoms with Gasteiger partial charge in [-0.25, -0.2) is 0 Å². The predicted octanol–water partition coefficient (Wildman–Crippen LogP) is 3.68. The molecule has 3 nitrogen and oxygen atoms in total. The van der Waals surface area contributed by atoms with Gasteiger partial charge in [0, 0.05) is 23.1 Å². The van der Waals surface area contributed by atoms with Crippen LogP contribution >= 0.6 is 0 Å². The van der Waals surface area contributed by atoms with Crippen molar-refractivity contribution in [1.29, 1.82) is 0 Å². The van der Waals surface area contributed by atoms with Gasteiger partial charge in [0.25, 0.3) is 5.91 Å². The lowest BCUT2D eigenvalue weighted by Crippen LogP contribution is -2.29. The van der Waals surface area contributed by atoms with Crippen LogP contribution in [-0.2, 0) is 6.42 Å². The molecule has 1 aliphatic heterocycles. The first kappa shape index (κ1) is 12.2. The average molecular weight is 276 g/mol. The summed E-state index contributed by atoms with van der Waals surface area (Å²) in [6, 6.07) is 16.3. The zero-order valence-electron chi connectivity index (χ0n) is 11.9. The van der Waals surface area contributed by atoms with Gasteiger partial charge in [0.15, 0.2) is 0 Å². The van der Waals surface area contributed by atoms with Crippen LogP contribution in [-0.4, -0.2) is 17.4 Å². The lowest BCUT2D eigenvalue weighted by Gasteiger charge is -2.16. The minimum atomic E-state index is 0.0498. The summed E-state index contributed by atoms with van der Waals surface area (Å²) in [5.41, 5.74) is 5.16. The number of para-hydroxylation sites is 1. The summed E-state index contributed by atoms with van der Waals surface area (Å²) >= 11 is 0. The molecule has 2 heterocycles. The van der Waals surface area contributed by atoms with Crippen molar-refractivity contribution in [2.45, 2.75) is 13.3 Å². The maximum atomic E-state index is 12.8. The molecule has 0 spiro atoms. The van der Waals surface area contributed by atoms with Gasteiger partial charge in [-0.05, 0) is 42.7 Å². The Bertz CT molecular complexity index is 847. The molecular weight excluding hydrogens is 260 g/mol. The fourth-order valence-corrected chi connectivity index (χ4v) is 3.05. The van der Waals surface area contributed by atoms with Crippen LogP contribution in [0.2, 0.25) is 0 Å². The van der Waals surface area contributed by atoms with Crippen molar-refractivity contribution in [3.8, 4) is 0 Å². The summed E-state index contributed by atoms with van der Waals surface area (Å²) in [4.78, 5) is 17.9. The summed E-state index contributed by atoms with van der Waals surface area (Å²) in [5.74, 6) is 0.0498. The molecule has 21 heavy (non-hydrogen) atoms. The number of fused-ring (bicyclic) bond motifs is 2. The standard InChI is InChI=1S/C18H16N2O/c1-12-6-7-14-11-16(19-15(14)10-12)18(21)20-9-8-13-4-2-3-5-17(13)20/h2-7,10-11,19H,8-9H2,1H3. The number of hydrogen-bond donors (Lipinski definition) is 1. The molecule has 0 bridgehead atoms. The average Bonchev–Trinajstić information content (AvgIpc) is 3.09. The quantitative estimate of drug-likeness (QED) is 0.723. The second-order valence-corrected chi connectivity index (χ2v) is 5.61. The van der Waals surface area contributed by atoms with Gasteiger partial charge >= 0.3 is 0 Å². The molecule has 0 fully saturated rings. The van der Waals surface area contributed by atoms with Gasteiger partial charge in [-0.1, -0.05) is 30.3 Å². The summed E-state index contributed by atoms with van der Waals surface area (Å²) in [6.45, 7) is 2.81. The van der Waals surface area contributed by atoms with Crippen molar-refractivity contribution in [2.24, 2.45) is 0 Å². The van der Waals surface area contributed by atoms with Gasteiger partial charge in [-0.2, -0.15) is 0 Å². The summed E-state index contributed by atoms with van der Waals surface area (Å²) in [5, 5.41) is 1.08. The number of aryl methyl sites for hydroxylation is 1. The lowest BCUT2D eigenvalue weighted by atomic mass is 10.2. The zero-order valence-corrected chi connectivity index (χ0v) is 11.9. The summed E-state index contributed by atoms with van der Waals surface area (Å²) in [7, 11) is 0. The van der Waals surface area contributed by atoms with Gasteiger partial charge in [0.1, 0.15) is 5.69 Å². The second-order valence-electron chi connectivity index (χ2n) is 5.61. The van der Waals surface area contributed by atoms with Crippen LogP contribution in [0.3, 0.4) is 0 Å². The number of benzene rings is 2. The number of aromatic amines is 1. The molecule has 1 amide bonds. The Morgan fingerprint density at radius 1 is 1.14 bits per heavy atom. The van der Waals surface area contributed by atoms with Crippen LogP contribution in [0.25, 0.3) is 10.9 Å². The van der Waals surface area contributed by atoms with E-state index in [1.165, 1.54) is 11.1 Å². The number of carbonyl (C=O) groups excluding carboxylic acids is 1. The SMILES string of the molecule is Cc1ccc2cc(C(=O)N3CCc4ccccc43)[nH]c2c1. The number of rotatable bonds is 1. The smallest absolute Gasteiger partial charge is 0.274 e. The molecule has 3 aromatic rings. The molecule has 104 valence electrons. The highest BCUT2D eigenvalue weighted by molar-refractivity contribution is 6.08. The molecule has 0 unspecified atom stereocenters. The van der Waals surface area contributed by atoms with E-state index in [1.54, 1.807) is 0 Å². The Balaban J connectivity index is 1.74. The molecule has 0 saturated carbocycles. The molecule has 2 aromatic carbocycles. The highest BCUT2D eigenvalue weighted by Crippen LogP contribution is 2.29. The maximum absolute atomic E-state index is 12.8. The Hall–Kier alpha value is -2.55. The van der Waals surface area contributed by atoms with Gasteiger partial charge in [0.05, 0.1) is 0 Å². The first-order valence-corrected chi connectivity index (χ1v) is 7.21. The summed E-state index contributed by atoms with van der Waals surface area (Å²) in [6.07, 6.45) is 0.932. The third-order valence-electron chi connectivity index (χ3n) is 4.14. The van der Waals surface area contributed by atoms with Crippen LogP contribution in [0.5, 0.6) is 0 Å². The van der Waals surface area contributed by atoms with Crippen LogP contribution in [0.1, 0.15) is 21.6 Å². The molecule has 1 aliphatic rings. The number of hydrogen-bond acceptors (Lipinski definition) is 1. The molecule has 0 aliphatic carbocycles. The summed E-state index contributed by atoms with van der Waals surface area (Å²) < 4.78 is 0. The van der Waals surface area contributed by atoms with E-state index in [9.17, 15) is 4.79 Å². The lowest BCUT2D eigenvalue weighted by molar-refractivity contribution is 0.0985. The van der Waals surface area contributed by atoms with Crippen LogP contribution in [0.4, 0.5) is 5.69 Å². The molecule has 0 saturated heterocycles. The molecule has 1 N–H and O–H groups in total. The number of nitrogens with one attached hydrogen (secondary N) is 1. The number of aromatic nitrogens is 1. The van der Waals surface area contributed by atoms with Crippen LogP contribution in [0.15, 0.2) is 48.5 Å². The molecule has 0 radical (unpaired) electrons. The Labute approximate surface area is 123 Å². The predicted molar refractivity (Wildman–Crippen MR) is 84.9 cm³/mol. The fourth-order valence-electron chi connectivity index (χ4n) is 3.05. The van der Waals surface area contributed by atoms with E-state index >= 15 is 0 Å². The largest absolute Gasteiger partial charge is 0.351 e. The maximum Gasteiger partial charge on any atom is 0.274 e. The molecule has 0 atom stereocenters. The number of anilines is 1. The normalized spacial score (nSPS) is 13.7. The minimum Gasteiger partial charge on any atom is -0.351 e.